The van der Waals surface area contributed by atoms with E-state index in [1.807, 2.05) is 27.7 Å². The van der Waals surface area contributed by atoms with E-state index in [9.17, 15) is 4.79 Å². The van der Waals surface area contributed by atoms with Crippen molar-refractivity contribution in [3.05, 3.63) is 35.5 Å². The third kappa shape index (κ3) is 7.66. The van der Waals surface area contributed by atoms with Gasteiger partial charge in [0.2, 0.25) is 0 Å². The minimum absolute atomic E-state index is 0.191. The number of unbranched alkanes of at least 4 members (excludes halogenated alkanes) is 1. The average Bonchev–Trinajstić information content (AvgIpc) is 2.41. The zero-order valence-corrected chi connectivity index (χ0v) is 13.0. The molecule has 0 aliphatic carbocycles. The molecule has 2 heteroatoms. The standard InChI is InChI=1S/C17H28O2/c1-6-8-9-10-11-12-13-14(3)15(4)16(5)17(18)19-7-2/h6,8,11-12,14H,7,9-10,13H2,1-5H3. The maximum Gasteiger partial charge on any atom is 0.333 e. The molecule has 0 rings (SSSR count). The van der Waals surface area contributed by atoms with E-state index in [0.717, 1.165) is 30.4 Å². The lowest BCUT2D eigenvalue weighted by molar-refractivity contribution is -0.138. The second kappa shape index (κ2) is 10.6. The van der Waals surface area contributed by atoms with Crippen molar-refractivity contribution >= 4 is 5.97 Å². The zero-order valence-electron chi connectivity index (χ0n) is 13.0. The second-order valence-electron chi connectivity index (χ2n) is 4.78. The van der Waals surface area contributed by atoms with Crippen molar-refractivity contribution in [2.45, 2.75) is 53.9 Å². The number of ether oxygens (including phenoxy) is 1. The molecule has 1 atom stereocenters. The lowest BCUT2D eigenvalue weighted by Gasteiger charge is -2.13. The molecule has 0 spiro atoms. The first-order valence-electron chi connectivity index (χ1n) is 7.15. The van der Waals surface area contributed by atoms with E-state index in [2.05, 4.69) is 31.2 Å². The first kappa shape index (κ1) is 17.7. The third-order valence-corrected chi connectivity index (χ3v) is 3.30. The summed E-state index contributed by atoms with van der Waals surface area (Å²) in [5.41, 5.74) is 1.87. The van der Waals surface area contributed by atoms with Crippen LogP contribution in [0.25, 0.3) is 0 Å². The van der Waals surface area contributed by atoms with Crippen LogP contribution in [0.4, 0.5) is 0 Å². The minimum Gasteiger partial charge on any atom is -0.463 e. The van der Waals surface area contributed by atoms with Crippen LogP contribution >= 0.6 is 0 Å². The lowest BCUT2D eigenvalue weighted by atomic mass is 9.94. The van der Waals surface area contributed by atoms with Gasteiger partial charge in [0, 0.05) is 5.57 Å². The molecular formula is C17H28O2. The fraction of sp³-hybridized carbons (Fsp3) is 0.588. The molecule has 0 saturated heterocycles. The van der Waals surface area contributed by atoms with E-state index in [1.165, 1.54) is 0 Å². The molecule has 0 N–H and O–H groups in total. The topological polar surface area (TPSA) is 26.3 Å². The lowest BCUT2D eigenvalue weighted by Crippen LogP contribution is -2.10. The molecule has 0 saturated carbocycles. The fourth-order valence-electron chi connectivity index (χ4n) is 1.72. The van der Waals surface area contributed by atoms with E-state index in [0.29, 0.717) is 12.5 Å². The van der Waals surface area contributed by atoms with Crippen LogP contribution in [-0.4, -0.2) is 12.6 Å². The summed E-state index contributed by atoms with van der Waals surface area (Å²) in [4.78, 5) is 11.6. The first-order valence-corrected chi connectivity index (χ1v) is 7.15. The van der Waals surface area contributed by atoms with Gasteiger partial charge in [-0.25, -0.2) is 4.79 Å². The number of carbonyl (C=O) groups is 1. The molecule has 0 aromatic rings. The molecule has 0 heterocycles. The average molecular weight is 264 g/mol. The summed E-state index contributed by atoms with van der Waals surface area (Å²) in [7, 11) is 0. The van der Waals surface area contributed by atoms with Crippen LogP contribution in [0.5, 0.6) is 0 Å². The maximum absolute atomic E-state index is 11.6. The summed E-state index contributed by atoms with van der Waals surface area (Å²) < 4.78 is 5.02. The van der Waals surface area contributed by atoms with Gasteiger partial charge >= 0.3 is 5.97 Å². The van der Waals surface area contributed by atoms with Crippen LogP contribution in [0.15, 0.2) is 35.5 Å². The van der Waals surface area contributed by atoms with Gasteiger partial charge in [0.15, 0.2) is 0 Å². The second-order valence-corrected chi connectivity index (χ2v) is 4.78. The van der Waals surface area contributed by atoms with Gasteiger partial charge in [-0.2, -0.15) is 0 Å². The van der Waals surface area contributed by atoms with E-state index in [-0.39, 0.29) is 5.97 Å². The normalized spacial score (nSPS) is 14.8. The number of hydrogen-bond acceptors (Lipinski definition) is 2. The Balaban J connectivity index is 4.28. The van der Waals surface area contributed by atoms with Gasteiger partial charge in [0.05, 0.1) is 6.61 Å². The van der Waals surface area contributed by atoms with Crippen molar-refractivity contribution in [2.75, 3.05) is 6.61 Å². The van der Waals surface area contributed by atoms with Crippen molar-refractivity contribution < 1.29 is 9.53 Å². The van der Waals surface area contributed by atoms with Crippen LogP contribution in [0, 0.1) is 5.92 Å². The molecule has 0 amide bonds. The summed E-state index contributed by atoms with van der Waals surface area (Å²) >= 11 is 0. The van der Waals surface area contributed by atoms with Crippen molar-refractivity contribution in [3.63, 3.8) is 0 Å². The number of hydrogen-bond donors (Lipinski definition) is 0. The van der Waals surface area contributed by atoms with E-state index in [4.69, 9.17) is 4.74 Å². The van der Waals surface area contributed by atoms with Gasteiger partial charge in [-0.1, -0.05) is 36.8 Å². The van der Waals surface area contributed by atoms with E-state index >= 15 is 0 Å². The van der Waals surface area contributed by atoms with Gasteiger partial charge in [-0.15, -0.1) is 0 Å². The highest BCUT2D eigenvalue weighted by atomic mass is 16.5. The summed E-state index contributed by atoms with van der Waals surface area (Å²) in [6.07, 6.45) is 11.8. The minimum atomic E-state index is -0.191. The number of esters is 1. The number of rotatable bonds is 8. The Labute approximate surface area is 118 Å². The summed E-state index contributed by atoms with van der Waals surface area (Å²) in [5, 5.41) is 0. The predicted octanol–water partition coefficient (Wildman–Crippen LogP) is 4.82. The van der Waals surface area contributed by atoms with Gasteiger partial charge in [0.25, 0.3) is 0 Å². The molecule has 0 aromatic heterocycles. The molecule has 0 aromatic carbocycles. The molecule has 2 nitrogen and oxygen atoms in total. The summed E-state index contributed by atoms with van der Waals surface area (Å²) in [6, 6.07) is 0. The SMILES string of the molecule is CC=CCCC=CCC(C)C(C)=C(C)C(=O)OCC. The van der Waals surface area contributed by atoms with Gasteiger partial charge in [0.1, 0.15) is 0 Å². The van der Waals surface area contributed by atoms with Gasteiger partial charge < -0.3 is 4.74 Å². The van der Waals surface area contributed by atoms with Crippen molar-refractivity contribution in [1.29, 1.82) is 0 Å². The molecule has 0 radical (unpaired) electrons. The number of allylic oxidation sites excluding steroid dienone is 5. The molecule has 108 valence electrons. The van der Waals surface area contributed by atoms with Crippen molar-refractivity contribution in [2.24, 2.45) is 5.92 Å². The quantitative estimate of drug-likeness (QED) is 0.272. The Morgan fingerprint density at radius 3 is 2.37 bits per heavy atom. The largest absolute Gasteiger partial charge is 0.463 e. The molecule has 0 aliphatic rings. The van der Waals surface area contributed by atoms with Gasteiger partial charge in [-0.3, -0.25) is 0 Å². The molecule has 1 unspecified atom stereocenters. The Hall–Kier alpha value is -1.31. The van der Waals surface area contributed by atoms with E-state index in [1.54, 1.807) is 0 Å². The molecule has 0 fully saturated rings. The van der Waals surface area contributed by atoms with Crippen LogP contribution in [0.1, 0.15) is 53.9 Å². The Bertz CT molecular complexity index is 348. The molecule has 0 bridgehead atoms. The summed E-state index contributed by atoms with van der Waals surface area (Å²) in [5.74, 6) is 0.186. The van der Waals surface area contributed by atoms with Crippen LogP contribution in [0.2, 0.25) is 0 Å². The van der Waals surface area contributed by atoms with Crippen LogP contribution in [0.3, 0.4) is 0 Å². The zero-order chi connectivity index (χ0) is 14.7. The monoisotopic (exact) mass is 264 g/mol. The Morgan fingerprint density at radius 1 is 1.16 bits per heavy atom. The maximum atomic E-state index is 11.6. The highest BCUT2D eigenvalue weighted by Gasteiger charge is 2.12. The Morgan fingerprint density at radius 2 is 1.79 bits per heavy atom. The smallest absolute Gasteiger partial charge is 0.333 e. The molecular weight excluding hydrogens is 236 g/mol. The van der Waals surface area contributed by atoms with Gasteiger partial charge in [-0.05, 0) is 52.9 Å². The Kier molecular flexibility index (Phi) is 9.87. The first-order chi connectivity index (χ1) is 9.04. The van der Waals surface area contributed by atoms with Crippen molar-refractivity contribution in [3.8, 4) is 0 Å². The van der Waals surface area contributed by atoms with Crippen LogP contribution < -0.4 is 0 Å². The van der Waals surface area contributed by atoms with E-state index < -0.39 is 0 Å². The third-order valence-electron chi connectivity index (χ3n) is 3.30. The highest BCUT2D eigenvalue weighted by molar-refractivity contribution is 5.88. The van der Waals surface area contributed by atoms with Crippen LogP contribution in [-0.2, 0) is 9.53 Å². The fourth-order valence-corrected chi connectivity index (χ4v) is 1.72. The highest BCUT2D eigenvalue weighted by Crippen LogP contribution is 2.19. The molecule has 19 heavy (non-hydrogen) atoms. The molecule has 0 aliphatic heterocycles. The van der Waals surface area contributed by atoms with Crippen molar-refractivity contribution in [1.82, 2.24) is 0 Å². The summed E-state index contributed by atoms with van der Waals surface area (Å²) in [6.45, 7) is 10.3. The predicted molar refractivity (Wildman–Crippen MR) is 82.0 cm³/mol. The number of carbonyl (C=O) groups excluding carboxylic acids is 1.